The van der Waals surface area contributed by atoms with Crippen LogP contribution in [0, 0.1) is 10.1 Å². The van der Waals surface area contributed by atoms with Crippen LogP contribution in [0.25, 0.3) is 0 Å². The van der Waals surface area contributed by atoms with E-state index < -0.39 is 4.92 Å². The summed E-state index contributed by atoms with van der Waals surface area (Å²) >= 11 is 12.8. The molecule has 0 aromatic heterocycles. The molecule has 7 heteroatoms. The maximum absolute atomic E-state index is 11.0. The first-order chi connectivity index (χ1) is 8.97. The monoisotopic (exact) mass is 315 g/mol. The molecule has 4 nitrogen and oxygen atoms in total. The van der Waals surface area contributed by atoms with Crippen molar-refractivity contribution in [3.05, 3.63) is 56.6 Å². The topological polar surface area (TPSA) is 63.4 Å². The second-order valence-corrected chi connectivity index (χ2v) is 5.52. The first-order valence-electron chi connectivity index (χ1n) is 5.07. The number of nitro groups is 1. The quantitative estimate of drug-likeness (QED) is 0.655. The Morgan fingerprint density at radius 1 is 1.11 bits per heavy atom. The predicted molar refractivity (Wildman–Crippen MR) is 75.3 cm³/mol. The van der Waals surface area contributed by atoms with Gasteiger partial charge >= 0.3 is 0 Å². The molecule has 1 N–H and O–H groups in total. The normalized spacial score (nSPS) is 10.4. The van der Waals surface area contributed by atoms with E-state index in [0.717, 1.165) is 4.90 Å². The summed E-state index contributed by atoms with van der Waals surface area (Å²) in [6, 6.07) is 9.02. The van der Waals surface area contributed by atoms with Crippen LogP contribution in [-0.2, 0) is 0 Å². The summed E-state index contributed by atoms with van der Waals surface area (Å²) < 4.78 is 0. The molecule has 2 aromatic rings. The Bertz CT molecular complexity index is 632. The maximum Gasteiger partial charge on any atom is 0.284 e. The summed E-state index contributed by atoms with van der Waals surface area (Å²) in [5, 5.41) is 20.6. The van der Waals surface area contributed by atoms with Gasteiger partial charge < -0.3 is 5.11 Å². The summed E-state index contributed by atoms with van der Waals surface area (Å²) in [5.74, 6) is 0.132. The molecule has 19 heavy (non-hydrogen) atoms. The van der Waals surface area contributed by atoms with Gasteiger partial charge in [0, 0.05) is 11.0 Å². The van der Waals surface area contributed by atoms with Crippen molar-refractivity contribution in [1.82, 2.24) is 0 Å². The molecule has 0 atom stereocenters. The number of halogens is 2. The van der Waals surface area contributed by atoms with Gasteiger partial charge in [-0.1, -0.05) is 35.0 Å². The number of nitrogens with zero attached hydrogens (tertiary/aromatic N) is 1. The molecule has 0 saturated heterocycles. The Kier molecular flexibility index (Phi) is 4.19. The smallest absolute Gasteiger partial charge is 0.284 e. The number of hydrogen-bond donors (Lipinski definition) is 1. The van der Waals surface area contributed by atoms with Crippen molar-refractivity contribution in [2.75, 3.05) is 0 Å². The van der Waals surface area contributed by atoms with Crippen molar-refractivity contribution >= 4 is 40.7 Å². The van der Waals surface area contributed by atoms with Gasteiger partial charge in [-0.2, -0.15) is 0 Å². The molecule has 0 aliphatic carbocycles. The SMILES string of the molecule is O=[N+]([O-])c1cc(Cl)c(Cl)cc1Sc1ccc(O)cc1. The fraction of sp³-hybridized carbons (Fsp3) is 0. The van der Waals surface area contributed by atoms with Gasteiger partial charge in [0.1, 0.15) is 5.75 Å². The Balaban J connectivity index is 2.41. The van der Waals surface area contributed by atoms with E-state index in [4.69, 9.17) is 23.2 Å². The number of nitro benzene ring substituents is 1. The third-order valence-electron chi connectivity index (χ3n) is 2.26. The molecule has 0 fully saturated rings. The van der Waals surface area contributed by atoms with Gasteiger partial charge in [0.05, 0.1) is 19.9 Å². The van der Waals surface area contributed by atoms with Gasteiger partial charge in [-0.15, -0.1) is 0 Å². The number of benzene rings is 2. The fourth-order valence-electron chi connectivity index (χ4n) is 1.38. The minimum Gasteiger partial charge on any atom is -0.508 e. The Morgan fingerprint density at radius 3 is 2.26 bits per heavy atom. The number of rotatable bonds is 3. The van der Waals surface area contributed by atoms with Crippen molar-refractivity contribution in [1.29, 1.82) is 0 Å². The number of phenolic OH excluding ortho intramolecular Hbond substituents is 1. The number of hydrogen-bond acceptors (Lipinski definition) is 4. The Morgan fingerprint density at radius 2 is 1.68 bits per heavy atom. The molecule has 0 aliphatic heterocycles. The molecule has 0 unspecified atom stereocenters. The summed E-state index contributed by atoms with van der Waals surface area (Å²) in [6.07, 6.45) is 0. The third-order valence-corrected chi connectivity index (χ3v) is 4.04. The molecule has 0 radical (unpaired) electrons. The molecule has 0 bridgehead atoms. The van der Waals surface area contributed by atoms with E-state index in [9.17, 15) is 15.2 Å². The first kappa shape index (κ1) is 14.0. The molecule has 0 spiro atoms. The average molecular weight is 316 g/mol. The highest BCUT2D eigenvalue weighted by Crippen LogP contribution is 2.39. The lowest BCUT2D eigenvalue weighted by atomic mass is 10.3. The van der Waals surface area contributed by atoms with E-state index in [1.807, 2.05) is 0 Å². The van der Waals surface area contributed by atoms with Gasteiger partial charge in [0.25, 0.3) is 5.69 Å². The molecule has 0 aliphatic rings. The lowest BCUT2D eigenvalue weighted by molar-refractivity contribution is -0.387. The van der Waals surface area contributed by atoms with Crippen LogP contribution >= 0.6 is 35.0 Å². The van der Waals surface area contributed by atoms with Crippen molar-refractivity contribution < 1.29 is 10.0 Å². The van der Waals surface area contributed by atoms with Crippen LogP contribution in [0.1, 0.15) is 0 Å². The third kappa shape index (κ3) is 3.32. The maximum atomic E-state index is 11.0. The van der Waals surface area contributed by atoms with Crippen LogP contribution in [-0.4, -0.2) is 10.0 Å². The predicted octanol–water partition coefficient (Wildman–Crippen LogP) is 4.76. The van der Waals surface area contributed by atoms with E-state index >= 15 is 0 Å². The largest absolute Gasteiger partial charge is 0.508 e. The number of aromatic hydroxyl groups is 1. The zero-order valence-corrected chi connectivity index (χ0v) is 11.7. The van der Waals surface area contributed by atoms with Crippen LogP contribution < -0.4 is 0 Å². The van der Waals surface area contributed by atoms with Crippen molar-refractivity contribution in [3.63, 3.8) is 0 Å². The highest BCUT2D eigenvalue weighted by Gasteiger charge is 2.18. The van der Waals surface area contributed by atoms with Gasteiger partial charge in [0.2, 0.25) is 0 Å². The Labute approximate surface area is 123 Å². The van der Waals surface area contributed by atoms with Gasteiger partial charge in [-0.05, 0) is 30.3 Å². The standard InChI is InChI=1S/C12H7Cl2NO3S/c13-9-5-11(15(17)18)12(6-10(9)14)19-8-3-1-7(16)2-4-8/h1-6,16H. The lowest BCUT2D eigenvalue weighted by Crippen LogP contribution is -1.91. The summed E-state index contributed by atoms with van der Waals surface area (Å²) in [4.78, 5) is 11.6. The molecule has 98 valence electrons. The Hall–Kier alpha value is -1.43. The molecular formula is C12H7Cl2NO3S. The highest BCUT2D eigenvalue weighted by molar-refractivity contribution is 7.99. The summed E-state index contributed by atoms with van der Waals surface area (Å²) in [5.41, 5.74) is -0.104. The second kappa shape index (κ2) is 5.69. The van der Waals surface area contributed by atoms with Crippen molar-refractivity contribution in [2.24, 2.45) is 0 Å². The van der Waals surface area contributed by atoms with Crippen LogP contribution in [0.5, 0.6) is 5.75 Å². The molecule has 0 heterocycles. The highest BCUT2D eigenvalue weighted by atomic mass is 35.5. The van der Waals surface area contributed by atoms with E-state index in [0.29, 0.717) is 4.90 Å². The number of phenols is 1. The molecular weight excluding hydrogens is 309 g/mol. The van der Waals surface area contributed by atoms with E-state index in [1.54, 1.807) is 12.1 Å². The molecule has 2 rings (SSSR count). The van der Waals surface area contributed by atoms with E-state index in [-0.39, 0.29) is 21.5 Å². The lowest BCUT2D eigenvalue weighted by Gasteiger charge is -2.05. The summed E-state index contributed by atoms with van der Waals surface area (Å²) in [7, 11) is 0. The van der Waals surface area contributed by atoms with Crippen LogP contribution in [0.15, 0.2) is 46.2 Å². The average Bonchev–Trinajstić information content (AvgIpc) is 2.36. The molecule has 2 aromatic carbocycles. The van der Waals surface area contributed by atoms with Crippen molar-refractivity contribution in [3.8, 4) is 5.75 Å². The zero-order valence-electron chi connectivity index (χ0n) is 9.34. The van der Waals surface area contributed by atoms with Crippen LogP contribution in [0.3, 0.4) is 0 Å². The zero-order chi connectivity index (χ0) is 14.0. The van der Waals surface area contributed by atoms with Gasteiger partial charge in [-0.25, -0.2) is 0 Å². The van der Waals surface area contributed by atoms with Crippen LogP contribution in [0.2, 0.25) is 10.0 Å². The second-order valence-electron chi connectivity index (χ2n) is 3.59. The minimum atomic E-state index is -0.509. The molecule has 0 saturated carbocycles. The van der Waals surface area contributed by atoms with Gasteiger partial charge in [-0.3, -0.25) is 10.1 Å². The van der Waals surface area contributed by atoms with E-state index in [2.05, 4.69) is 0 Å². The van der Waals surface area contributed by atoms with E-state index in [1.165, 1.54) is 36.0 Å². The first-order valence-corrected chi connectivity index (χ1v) is 6.65. The fourth-order valence-corrected chi connectivity index (χ4v) is 2.71. The minimum absolute atomic E-state index is 0.104. The summed E-state index contributed by atoms with van der Waals surface area (Å²) in [6.45, 7) is 0. The van der Waals surface area contributed by atoms with Gasteiger partial charge in [0.15, 0.2) is 0 Å². The van der Waals surface area contributed by atoms with Crippen LogP contribution in [0.4, 0.5) is 5.69 Å². The van der Waals surface area contributed by atoms with Crippen molar-refractivity contribution in [2.45, 2.75) is 9.79 Å². The molecule has 0 amide bonds.